The van der Waals surface area contributed by atoms with Gasteiger partial charge in [0.2, 0.25) is 5.91 Å². The van der Waals surface area contributed by atoms with Crippen LogP contribution in [0.2, 0.25) is 0 Å². The Morgan fingerprint density at radius 1 is 1.42 bits per heavy atom. The first-order chi connectivity index (χ1) is 9.19. The number of nitrogens with one attached hydrogen (secondary N) is 3. The van der Waals surface area contributed by atoms with Crippen LogP contribution in [0.15, 0.2) is 30.5 Å². The molecule has 19 heavy (non-hydrogen) atoms. The first kappa shape index (κ1) is 12.9. The molecule has 0 bridgehead atoms. The Bertz CT molecular complexity index is 552. The van der Waals surface area contributed by atoms with Crippen molar-refractivity contribution in [2.75, 3.05) is 17.7 Å². The molecule has 0 saturated carbocycles. The fourth-order valence-corrected chi connectivity index (χ4v) is 1.67. The minimum Gasteiger partial charge on any atom is -0.494 e. The average Bonchev–Trinajstić information content (AvgIpc) is 2.90. The van der Waals surface area contributed by atoms with E-state index in [0.29, 0.717) is 18.0 Å². The topological polar surface area (TPSA) is 79.0 Å². The molecule has 6 heteroatoms. The molecule has 1 heterocycles. The van der Waals surface area contributed by atoms with Gasteiger partial charge in [0, 0.05) is 24.9 Å². The summed E-state index contributed by atoms with van der Waals surface area (Å²) in [4.78, 5) is 11.1. The fraction of sp³-hybridized carbons (Fsp3) is 0.231. The molecule has 1 aromatic heterocycles. The van der Waals surface area contributed by atoms with Crippen LogP contribution >= 0.6 is 0 Å². The molecule has 6 nitrogen and oxygen atoms in total. The maximum atomic E-state index is 11.1. The van der Waals surface area contributed by atoms with Gasteiger partial charge in [0.05, 0.1) is 25.0 Å². The third-order valence-electron chi connectivity index (χ3n) is 2.55. The van der Waals surface area contributed by atoms with Gasteiger partial charge in [0.25, 0.3) is 0 Å². The summed E-state index contributed by atoms with van der Waals surface area (Å²) in [6.07, 6.45) is 1.71. The molecular weight excluding hydrogens is 244 g/mol. The number of carbonyl (C=O) groups is 1. The molecule has 0 aliphatic carbocycles. The number of hydrogen-bond acceptors (Lipinski definition) is 4. The smallest absolute Gasteiger partial charge is 0.221 e. The Hall–Kier alpha value is -2.50. The monoisotopic (exact) mass is 260 g/mol. The molecule has 0 spiro atoms. The largest absolute Gasteiger partial charge is 0.494 e. The molecule has 0 aliphatic rings. The Kier molecular flexibility index (Phi) is 4.02. The van der Waals surface area contributed by atoms with Crippen LogP contribution in [-0.4, -0.2) is 23.2 Å². The quantitative estimate of drug-likeness (QED) is 0.768. The predicted molar refractivity (Wildman–Crippen MR) is 73.2 cm³/mol. The molecule has 2 rings (SSSR count). The maximum Gasteiger partial charge on any atom is 0.221 e. The minimum atomic E-state index is -0.128. The van der Waals surface area contributed by atoms with Crippen LogP contribution in [0.5, 0.6) is 5.75 Å². The number of amides is 1. The van der Waals surface area contributed by atoms with Gasteiger partial charge < -0.3 is 15.4 Å². The highest BCUT2D eigenvalue weighted by Crippen LogP contribution is 2.28. The van der Waals surface area contributed by atoms with Gasteiger partial charge in [-0.05, 0) is 18.2 Å². The standard InChI is InChI=1S/C13H16N4O2/c1-9(18)16-12-4-3-10(7-13(12)19-2)14-8-11-5-6-15-17-11/h3-7,14H,8H2,1-2H3,(H,15,17)(H,16,18). The number of aromatic amines is 1. The van der Waals surface area contributed by atoms with E-state index in [1.807, 2.05) is 18.2 Å². The molecule has 100 valence electrons. The highest BCUT2D eigenvalue weighted by Gasteiger charge is 2.05. The van der Waals surface area contributed by atoms with Crippen molar-refractivity contribution in [3.05, 3.63) is 36.2 Å². The second kappa shape index (κ2) is 5.90. The van der Waals surface area contributed by atoms with Crippen LogP contribution in [0.1, 0.15) is 12.6 Å². The van der Waals surface area contributed by atoms with E-state index >= 15 is 0 Å². The molecule has 1 amide bonds. The van der Waals surface area contributed by atoms with Crippen molar-refractivity contribution in [1.82, 2.24) is 10.2 Å². The fourth-order valence-electron chi connectivity index (χ4n) is 1.67. The van der Waals surface area contributed by atoms with Crippen molar-refractivity contribution in [2.45, 2.75) is 13.5 Å². The summed E-state index contributed by atoms with van der Waals surface area (Å²) >= 11 is 0. The molecule has 3 N–H and O–H groups in total. The highest BCUT2D eigenvalue weighted by atomic mass is 16.5. The summed E-state index contributed by atoms with van der Waals surface area (Å²) in [6, 6.07) is 7.41. The number of H-pyrrole nitrogens is 1. The number of ether oxygens (including phenoxy) is 1. The van der Waals surface area contributed by atoms with Crippen LogP contribution < -0.4 is 15.4 Å². The van der Waals surface area contributed by atoms with Gasteiger partial charge in [-0.25, -0.2) is 0 Å². The second-order valence-corrected chi connectivity index (χ2v) is 4.03. The van der Waals surface area contributed by atoms with Crippen molar-refractivity contribution in [3.63, 3.8) is 0 Å². The summed E-state index contributed by atoms with van der Waals surface area (Å²) in [5.74, 6) is 0.487. The zero-order valence-electron chi connectivity index (χ0n) is 10.9. The molecular formula is C13H16N4O2. The minimum absolute atomic E-state index is 0.128. The lowest BCUT2D eigenvalue weighted by molar-refractivity contribution is -0.114. The molecule has 0 unspecified atom stereocenters. The highest BCUT2D eigenvalue weighted by molar-refractivity contribution is 5.90. The van der Waals surface area contributed by atoms with Crippen molar-refractivity contribution in [3.8, 4) is 5.75 Å². The van der Waals surface area contributed by atoms with Crippen LogP contribution in [0.3, 0.4) is 0 Å². The third kappa shape index (κ3) is 3.48. The molecule has 1 aromatic carbocycles. The van der Waals surface area contributed by atoms with Gasteiger partial charge >= 0.3 is 0 Å². The van der Waals surface area contributed by atoms with Gasteiger partial charge in [-0.1, -0.05) is 0 Å². The molecule has 0 aliphatic heterocycles. The van der Waals surface area contributed by atoms with E-state index in [0.717, 1.165) is 11.4 Å². The lowest BCUT2D eigenvalue weighted by Gasteiger charge is -2.12. The Balaban J connectivity index is 2.07. The number of rotatable bonds is 5. The number of nitrogens with zero attached hydrogens (tertiary/aromatic N) is 1. The first-order valence-corrected chi connectivity index (χ1v) is 5.87. The number of hydrogen-bond donors (Lipinski definition) is 3. The SMILES string of the molecule is COc1cc(NCc2ccn[nH]2)ccc1NC(C)=O. The van der Waals surface area contributed by atoms with Crippen molar-refractivity contribution in [2.24, 2.45) is 0 Å². The normalized spacial score (nSPS) is 10.0. The summed E-state index contributed by atoms with van der Waals surface area (Å²) < 4.78 is 5.25. The molecule has 2 aromatic rings. The lowest BCUT2D eigenvalue weighted by Crippen LogP contribution is -2.07. The van der Waals surface area contributed by atoms with E-state index in [9.17, 15) is 4.79 Å². The van der Waals surface area contributed by atoms with Crippen LogP contribution in [0.25, 0.3) is 0 Å². The van der Waals surface area contributed by atoms with Crippen LogP contribution in [0.4, 0.5) is 11.4 Å². The zero-order chi connectivity index (χ0) is 13.7. The molecule has 0 atom stereocenters. The van der Waals surface area contributed by atoms with Gasteiger partial charge in [-0.15, -0.1) is 0 Å². The molecule has 0 fully saturated rings. The van der Waals surface area contributed by atoms with Gasteiger partial charge in [-0.2, -0.15) is 5.10 Å². The predicted octanol–water partition coefficient (Wildman–Crippen LogP) is 1.99. The molecule has 0 saturated heterocycles. The van der Waals surface area contributed by atoms with Crippen LogP contribution in [-0.2, 0) is 11.3 Å². The number of anilines is 2. The van der Waals surface area contributed by atoms with E-state index in [4.69, 9.17) is 4.74 Å². The number of methoxy groups -OCH3 is 1. The summed E-state index contributed by atoms with van der Waals surface area (Å²) in [5, 5.41) is 12.7. The van der Waals surface area contributed by atoms with Crippen LogP contribution in [0, 0.1) is 0 Å². The van der Waals surface area contributed by atoms with Crippen molar-refractivity contribution >= 4 is 17.3 Å². The summed E-state index contributed by atoms with van der Waals surface area (Å²) in [6.45, 7) is 2.10. The third-order valence-corrected chi connectivity index (χ3v) is 2.55. The summed E-state index contributed by atoms with van der Waals surface area (Å²) in [7, 11) is 1.57. The summed E-state index contributed by atoms with van der Waals surface area (Å²) in [5.41, 5.74) is 2.55. The molecule has 0 radical (unpaired) electrons. The van der Waals surface area contributed by atoms with Gasteiger partial charge in [0.1, 0.15) is 5.75 Å². The first-order valence-electron chi connectivity index (χ1n) is 5.87. The number of aromatic nitrogens is 2. The van der Waals surface area contributed by atoms with Crippen molar-refractivity contribution < 1.29 is 9.53 Å². The second-order valence-electron chi connectivity index (χ2n) is 4.03. The zero-order valence-corrected chi connectivity index (χ0v) is 10.9. The van der Waals surface area contributed by atoms with E-state index < -0.39 is 0 Å². The van der Waals surface area contributed by atoms with E-state index in [1.165, 1.54) is 6.92 Å². The van der Waals surface area contributed by atoms with E-state index in [2.05, 4.69) is 20.8 Å². The Morgan fingerprint density at radius 2 is 2.26 bits per heavy atom. The van der Waals surface area contributed by atoms with Gasteiger partial charge in [0.15, 0.2) is 0 Å². The maximum absolute atomic E-state index is 11.1. The Labute approximate surface area is 111 Å². The van der Waals surface area contributed by atoms with Gasteiger partial charge in [-0.3, -0.25) is 9.89 Å². The van der Waals surface area contributed by atoms with E-state index in [1.54, 1.807) is 19.4 Å². The number of carbonyl (C=O) groups excluding carboxylic acids is 1. The Morgan fingerprint density at radius 3 is 2.89 bits per heavy atom. The number of benzene rings is 1. The lowest BCUT2D eigenvalue weighted by atomic mass is 10.2. The average molecular weight is 260 g/mol. The van der Waals surface area contributed by atoms with E-state index in [-0.39, 0.29) is 5.91 Å². The van der Waals surface area contributed by atoms with Crippen molar-refractivity contribution in [1.29, 1.82) is 0 Å².